The standard InChI is InChI=1S/C14H21NO2S/c1-11-4-6-12(7-5-11)18-9-8-13(17)15-14(2,3)10-16/h4-7,16H,8-10H2,1-3H3,(H,15,17). The third-order valence-electron chi connectivity index (χ3n) is 2.49. The molecule has 4 heteroatoms. The molecule has 1 aromatic carbocycles. The van der Waals surface area contributed by atoms with Gasteiger partial charge in [-0.3, -0.25) is 4.79 Å². The smallest absolute Gasteiger partial charge is 0.221 e. The van der Waals surface area contributed by atoms with Crippen molar-refractivity contribution < 1.29 is 9.90 Å². The Bertz CT molecular complexity index is 387. The normalized spacial score (nSPS) is 11.3. The van der Waals surface area contributed by atoms with E-state index in [2.05, 4.69) is 36.5 Å². The summed E-state index contributed by atoms with van der Waals surface area (Å²) in [5, 5.41) is 11.9. The van der Waals surface area contributed by atoms with Gasteiger partial charge in [0.25, 0.3) is 0 Å². The van der Waals surface area contributed by atoms with Crippen molar-refractivity contribution in [3.05, 3.63) is 29.8 Å². The summed E-state index contributed by atoms with van der Waals surface area (Å²) in [6, 6.07) is 8.26. The van der Waals surface area contributed by atoms with Crippen molar-refractivity contribution in [2.75, 3.05) is 12.4 Å². The molecule has 1 rings (SSSR count). The topological polar surface area (TPSA) is 49.3 Å². The van der Waals surface area contributed by atoms with E-state index in [4.69, 9.17) is 5.11 Å². The third-order valence-corrected chi connectivity index (χ3v) is 3.51. The molecule has 0 spiro atoms. The number of aliphatic hydroxyl groups is 1. The fourth-order valence-electron chi connectivity index (χ4n) is 1.38. The van der Waals surface area contributed by atoms with Gasteiger partial charge in [-0.05, 0) is 32.9 Å². The van der Waals surface area contributed by atoms with Gasteiger partial charge in [0.05, 0.1) is 12.1 Å². The van der Waals surface area contributed by atoms with Gasteiger partial charge in [0.1, 0.15) is 0 Å². The summed E-state index contributed by atoms with van der Waals surface area (Å²) in [5.74, 6) is 0.727. The van der Waals surface area contributed by atoms with E-state index in [9.17, 15) is 4.79 Å². The number of thioether (sulfide) groups is 1. The van der Waals surface area contributed by atoms with Crippen LogP contribution in [0.5, 0.6) is 0 Å². The largest absolute Gasteiger partial charge is 0.394 e. The fourth-order valence-corrected chi connectivity index (χ4v) is 2.23. The van der Waals surface area contributed by atoms with E-state index in [0.29, 0.717) is 6.42 Å². The molecular weight excluding hydrogens is 246 g/mol. The zero-order valence-corrected chi connectivity index (χ0v) is 12.0. The van der Waals surface area contributed by atoms with Gasteiger partial charge in [0.2, 0.25) is 5.91 Å². The van der Waals surface area contributed by atoms with Crippen LogP contribution in [0.2, 0.25) is 0 Å². The second-order valence-corrected chi connectivity index (χ2v) is 6.17. The highest BCUT2D eigenvalue weighted by Gasteiger charge is 2.18. The van der Waals surface area contributed by atoms with Crippen molar-refractivity contribution in [3.63, 3.8) is 0 Å². The minimum Gasteiger partial charge on any atom is -0.394 e. The lowest BCUT2D eigenvalue weighted by Gasteiger charge is -2.23. The van der Waals surface area contributed by atoms with E-state index < -0.39 is 5.54 Å². The minimum atomic E-state index is -0.536. The van der Waals surface area contributed by atoms with Crippen molar-refractivity contribution in [1.82, 2.24) is 5.32 Å². The van der Waals surface area contributed by atoms with E-state index in [1.165, 1.54) is 10.5 Å². The van der Waals surface area contributed by atoms with Gasteiger partial charge in [-0.2, -0.15) is 0 Å². The third kappa shape index (κ3) is 5.56. The molecule has 0 radical (unpaired) electrons. The van der Waals surface area contributed by atoms with E-state index >= 15 is 0 Å². The van der Waals surface area contributed by atoms with Gasteiger partial charge < -0.3 is 10.4 Å². The van der Waals surface area contributed by atoms with Crippen LogP contribution < -0.4 is 5.32 Å². The van der Waals surface area contributed by atoms with Gasteiger partial charge in [-0.15, -0.1) is 11.8 Å². The van der Waals surface area contributed by atoms with Crippen LogP contribution in [0.4, 0.5) is 0 Å². The number of carbonyl (C=O) groups is 1. The van der Waals surface area contributed by atoms with Crippen LogP contribution in [0.3, 0.4) is 0 Å². The summed E-state index contributed by atoms with van der Waals surface area (Å²) in [4.78, 5) is 12.8. The zero-order valence-electron chi connectivity index (χ0n) is 11.2. The molecule has 2 N–H and O–H groups in total. The molecule has 0 aromatic heterocycles. The number of benzene rings is 1. The summed E-state index contributed by atoms with van der Waals surface area (Å²) in [5.41, 5.74) is 0.702. The number of rotatable bonds is 6. The number of aryl methyl sites for hydroxylation is 1. The highest BCUT2D eigenvalue weighted by Crippen LogP contribution is 2.19. The zero-order chi connectivity index (χ0) is 13.6. The molecule has 18 heavy (non-hydrogen) atoms. The second kappa shape index (κ2) is 6.81. The minimum absolute atomic E-state index is 0.0198. The van der Waals surface area contributed by atoms with Crippen LogP contribution in [0.25, 0.3) is 0 Å². The van der Waals surface area contributed by atoms with Gasteiger partial charge in [-0.25, -0.2) is 0 Å². The number of carbonyl (C=O) groups excluding carboxylic acids is 1. The van der Waals surface area contributed by atoms with Crippen molar-refractivity contribution in [2.45, 2.75) is 37.6 Å². The Hall–Kier alpha value is -1.00. The molecule has 1 amide bonds. The first-order valence-electron chi connectivity index (χ1n) is 6.04. The Morgan fingerprint density at radius 1 is 1.33 bits per heavy atom. The quantitative estimate of drug-likeness (QED) is 0.778. The molecule has 0 heterocycles. The molecule has 0 aliphatic rings. The maximum Gasteiger partial charge on any atom is 0.221 e. The first-order chi connectivity index (χ1) is 8.43. The highest BCUT2D eigenvalue weighted by atomic mass is 32.2. The van der Waals surface area contributed by atoms with Gasteiger partial charge >= 0.3 is 0 Å². The molecule has 0 saturated carbocycles. The fraction of sp³-hybridized carbons (Fsp3) is 0.500. The monoisotopic (exact) mass is 267 g/mol. The van der Waals surface area contributed by atoms with Crippen molar-refractivity contribution in [1.29, 1.82) is 0 Å². The molecule has 0 saturated heterocycles. The number of nitrogens with one attached hydrogen (secondary N) is 1. The average molecular weight is 267 g/mol. The summed E-state index contributed by atoms with van der Waals surface area (Å²) in [6.07, 6.45) is 0.460. The van der Waals surface area contributed by atoms with Crippen molar-refractivity contribution in [3.8, 4) is 0 Å². The molecule has 3 nitrogen and oxygen atoms in total. The van der Waals surface area contributed by atoms with Crippen molar-refractivity contribution in [2.24, 2.45) is 0 Å². The Morgan fingerprint density at radius 3 is 2.50 bits per heavy atom. The van der Waals surface area contributed by atoms with Crippen LogP contribution in [0.15, 0.2) is 29.2 Å². The molecule has 0 aliphatic heterocycles. The molecule has 100 valence electrons. The summed E-state index contributed by atoms with van der Waals surface area (Å²) in [6.45, 7) is 5.61. The summed E-state index contributed by atoms with van der Waals surface area (Å²) >= 11 is 1.67. The van der Waals surface area contributed by atoms with Crippen LogP contribution in [-0.4, -0.2) is 28.9 Å². The molecule has 1 aromatic rings. The lowest BCUT2D eigenvalue weighted by Crippen LogP contribution is -2.46. The predicted octanol–water partition coefficient (Wildman–Crippen LogP) is 2.36. The second-order valence-electron chi connectivity index (χ2n) is 5.00. The Morgan fingerprint density at radius 2 is 1.94 bits per heavy atom. The first-order valence-corrected chi connectivity index (χ1v) is 7.03. The van der Waals surface area contributed by atoms with Gasteiger partial charge in [0, 0.05) is 17.1 Å². The first kappa shape index (κ1) is 15.1. The lowest BCUT2D eigenvalue weighted by molar-refractivity contribution is -0.122. The molecule has 0 atom stereocenters. The number of amides is 1. The van der Waals surface area contributed by atoms with Gasteiger partial charge in [0.15, 0.2) is 0 Å². The van der Waals surface area contributed by atoms with Gasteiger partial charge in [-0.1, -0.05) is 17.7 Å². The van der Waals surface area contributed by atoms with Crippen LogP contribution in [-0.2, 0) is 4.79 Å². The Kier molecular flexibility index (Phi) is 5.69. The average Bonchev–Trinajstić information content (AvgIpc) is 2.31. The highest BCUT2D eigenvalue weighted by molar-refractivity contribution is 7.99. The number of hydrogen-bond donors (Lipinski definition) is 2. The molecule has 0 aliphatic carbocycles. The lowest BCUT2D eigenvalue weighted by atomic mass is 10.1. The van der Waals surface area contributed by atoms with E-state index in [1.54, 1.807) is 25.6 Å². The van der Waals surface area contributed by atoms with Crippen LogP contribution in [0.1, 0.15) is 25.8 Å². The van der Waals surface area contributed by atoms with E-state index in [-0.39, 0.29) is 12.5 Å². The Labute approximate surface area is 113 Å². The summed E-state index contributed by atoms with van der Waals surface area (Å²) < 4.78 is 0. The number of hydrogen-bond acceptors (Lipinski definition) is 3. The maximum absolute atomic E-state index is 11.6. The SMILES string of the molecule is Cc1ccc(SCCC(=O)NC(C)(C)CO)cc1. The summed E-state index contributed by atoms with van der Waals surface area (Å²) in [7, 11) is 0. The van der Waals surface area contributed by atoms with E-state index in [1.807, 2.05) is 0 Å². The van der Waals surface area contributed by atoms with Crippen molar-refractivity contribution >= 4 is 17.7 Å². The molecule has 0 bridgehead atoms. The van der Waals surface area contributed by atoms with Crippen LogP contribution >= 0.6 is 11.8 Å². The Balaban J connectivity index is 2.29. The van der Waals surface area contributed by atoms with E-state index in [0.717, 1.165) is 5.75 Å². The maximum atomic E-state index is 11.6. The number of aliphatic hydroxyl groups excluding tert-OH is 1. The van der Waals surface area contributed by atoms with Crippen LogP contribution in [0, 0.1) is 6.92 Å². The molecule has 0 fully saturated rings. The molecule has 0 unspecified atom stereocenters. The molecular formula is C14H21NO2S. The predicted molar refractivity (Wildman–Crippen MR) is 75.8 cm³/mol.